The molecule has 0 radical (unpaired) electrons. The molecule has 0 atom stereocenters. The number of nitrogens with one attached hydrogen (secondary N) is 1. The fourth-order valence-corrected chi connectivity index (χ4v) is 4.76. The van der Waals surface area contributed by atoms with Gasteiger partial charge >= 0.3 is 0 Å². The number of H-pyrrole nitrogens is 1. The van der Waals surface area contributed by atoms with Crippen molar-refractivity contribution in [1.82, 2.24) is 9.97 Å². The van der Waals surface area contributed by atoms with Crippen molar-refractivity contribution in [3.63, 3.8) is 0 Å². The van der Waals surface area contributed by atoms with Crippen LogP contribution in [0.4, 0.5) is 11.4 Å². The zero-order chi connectivity index (χ0) is 23.1. The van der Waals surface area contributed by atoms with E-state index in [4.69, 9.17) is 14.5 Å². The number of aromatic nitrogens is 2. The second kappa shape index (κ2) is 8.59. The van der Waals surface area contributed by atoms with E-state index in [0.717, 1.165) is 76.8 Å². The number of benzene rings is 3. The molecule has 2 aliphatic rings. The number of amides is 1. The molecule has 1 N–H and O–H groups in total. The van der Waals surface area contributed by atoms with Gasteiger partial charge in [0.2, 0.25) is 0 Å². The van der Waals surface area contributed by atoms with Crippen molar-refractivity contribution in [2.75, 3.05) is 43.2 Å². The lowest BCUT2D eigenvalue weighted by Gasteiger charge is -2.29. The minimum absolute atomic E-state index is 0.0383. The number of carbonyl (C=O) groups excluding carboxylic acids is 1. The molecule has 34 heavy (non-hydrogen) atoms. The van der Waals surface area contributed by atoms with E-state index in [0.29, 0.717) is 13.2 Å². The highest BCUT2D eigenvalue weighted by molar-refractivity contribution is 6.10. The average Bonchev–Trinajstić information content (AvgIpc) is 3.45. The van der Waals surface area contributed by atoms with Gasteiger partial charge in [-0.1, -0.05) is 24.3 Å². The van der Waals surface area contributed by atoms with E-state index < -0.39 is 0 Å². The van der Waals surface area contributed by atoms with Crippen LogP contribution >= 0.6 is 0 Å². The third-order valence-electron chi connectivity index (χ3n) is 6.58. The van der Waals surface area contributed by atoms with E-state index in [2.05, 4.69) is 16.0 Å². The van der Waals surface area contributed by atoms with Gasteiger partial charge in [0.1, 0.15) is 5.82 Å². The molecule has 3 aromatic carbocycles. The first-order valence-electron chi connectivity index (χ1n) is 11.5. The Labute approximate surface area is 197 Å². The van der Waals surface area contributed by atoms with Crippen LogP contribution in [0.15, 0.2) is 60.7 Å². The lowest BCUT2D eigenvalue weighted by molar-refractivity contribution is 0.0996. The maximum absolute atomic E-state index is 13.2. The molecular weight excluding hydrogens is 428 g/mol. The molecule has 0 spiro atoms. The monoisotopic (exact) mass is 454 g/mol. The summed E-state index contributed by atoms with van der Waals surface area (Å²) in [6.07, 6.45) is 0. The SMILES string of the molecule is COCc1ccc(-c2nc3ccc(N4Cc5cc(N6CCOCC6)ccc5C4=O)cc3[nH]2)cc1. The van der Waals surface area contributed by atoms with E-state index in [1.165, 1.54) is 0 Å². The van der Waals surface area contributed by atoms with Crippen LogP contribution in [0, 0.1) is 0 Å². The number of anilines is 2. The lowest BCUT2D eigenvalue weighted by atomic mass is 10.1. The Morgan fingerprint density at radius 3 is 2.59 bits per heavy atom. The molecule has 4 aromatic rings. The van der Waals surface area contributed by atoms with Gasteiger partial charge in [0.05, 0.1) is 37.4 Å². The van der Waals surface area contributed by atoms with Crippen LogP contribution < -0.4 is 9.80 Å². The van der Waals surface area contributed by atoms with Gasteiger partial charge < -0.3 is 24.3 Å². The largest absolute Gasteiger partial charge is 0.380 e. The molecule has 0 unspecified atom stereocenters. The summed E-state index contributed by atoms with van der Waals surface area (Å²) in [6.45, 7) is 4.40. The Bertz CT molecular complexity index is 1360. The Morgan fingerprint density at radius 2 is 1.79 bits per heavy atom. The minimum Gasteiger partial charge on any atom is -0.380 e. The maximum atomic E-state index is 13.2. The quantitative estimate of drug-likeness (QED) is 0.485. The molecule has 3 heterocycles. The Balaban J connectivity index is 1.26. The van der Waals surface area contributed by atoms with E-state index in [-0.39, 0.29) is 5.91 Å². The van der Waals surface area contributed by atoms with Crippen LogP contribution in [0.1, 0.15) is 21.5 Å². The maximum Gasteiger partial charge on any atom is 0.258 e. The molecule has 0 bridgehead atoms. The van der Waals surface area contributed by atoms with Gasteiger partial charge in [0.15, 0.2) is 0 Å². The van der Waals surface area contributed by atoms with Crippen LogP contribution in [0.5, 0.6) is 0 Å². The summed E-state index contributed by atoms with van der Waals surface area (Å²) in [5, 5.41) is 0. The second-order valence-electron chi connectivity index (χ2n) is 8.75. The number of ether oxygens (including phenoxy) is 2. The molecule has 0 saturated carbocycles. The molecule has 1 amide bonds. The van der Waals surface area contributed by atoms with E-state index >= 15 is 0 Å². The summed E-state index contributed by atoms with van der Waals surface area (Å²) in [5.74, 6) is 0.846. The van der Waals surface area contributed by atoms with Gasteiger partial charge in [-0.25, -0.2) is 4.98 Å². The first-order valence-corrected chi connectivity index (χ1v) is 11.5. The van der Waals surface area contributed by atoms with Crippen LogP contribution in [0.25, 0.3) is 22.4 Å². The fourth-order valence-electron chi connectivity index (χ4n) is 4.76. The minimum atomic E-state index is 0.0383. The first kappa shape index (κ1) is 20.9. The zero-order valence-electron chi connectivity index (χ0n) is 19.1. The van der Waals surface area contributed by atoms with Gasteiger partial charge in [0, 0.05) is 42.7 Å². The molecule has 2 aliphatic heterocycles. The Morgan fingerprint density at radius 1 is 1.00 bits per heavy atom. The molecule has 7 nitrogen and oxygen atoms in total. The summed E-state index contributed by atoms with van der Waals surface area (Å²) >= 11 is 0. The van der Waals surface area contributed by atoms with Crippen LogP contribution in [-0.4, -0.2) is 49.3 Å². The van der Waals surface area contributed by atoms with Crippen molar-refractivity contribution in [1.29, 1.82) is 0 Å². The van der Waals surface area contributed by atoms with Gasteiger partial charge in [-0.3, -0.25) is 4.79 Å². The van der Waals surface area contributed by atoms with E-state index in [1.807, 2.05) is 59.5 Å². The molecule has 1 saturated heterocycles. The third kappa shape index (κ3) is 3.73. The summed E-state index contributed by atoms with van der Waals surface area (Å²) in [6, 6.07) is 20.3. The van der Waals surface area contributed by atoms with E-state index in [9.17, 15) is 4.79 Å². The van der Waals surface area contributed by atoms with Gasteiger partial charge in [-0.15, -0.1) is 0 Å². The highest BCUT2D eigenvalue weighted by Crippen LogP contribution is 2.33. The van der Waals surface area contributed by atoms with Gasteiger partial charge in [0.25, 0.3) is 5.91 Å². The van der Waals surface area contributed by atoms with Gasteiger partial charge in [-0.05, 0) is 47.5 Å². The van der Waals surface area contributed by atoms with Crippen molar-refractivity contribution in [3.05, 3.63) is 77.4 Å². The number of hydrogen-bond acceptors (Lipinski definition) is 5. The number of rotatable bonds is 5. The molecule has 1 fully saturated rings. The number of nitrogens with zero attached hydrogens (tertiary/aromatic N) is 3. The number of carbonyl (C=O) groups is 1. The van der Waals surface area contributed by atoms with Crippen molar-refractivity contribution >= 4 is 28.3 Å². The topological polar surface area (TPSA) is 70.7 Å². The summed E-state index contributed by atoms with van der Waals surface area (Å²) in [4.78, 5) is 25.5. The molecule has 0 aliphatic carbocycles. The van der Waals surface area contributed by atoms with Crippen molar-refractivity contribution < 1.29 is 14.3 Å². The Kier molecular flexibility index (Phi) is 5.28. The predicted octanol–water partition coefficient (Wildman–Crippen LogP) is 4.37. The highest BCUT2D eigenvalue weighted by atomic mass is 16.5. The van der Waals surface area contributed by atoms with Crippen molar-refractivity contribution in [2.24, 2.45) is 0 Å². The number of fused-ring (bicyclic) bond motifs is 2. The molecule has 1 aromatic heterocycles. The zero-order valence-corrected chi connectivity index (χ0v) is 19.1. The highest BCUT2D eigenvalue weighted by Gasteiger charge is 2.29. The predicted molar refractivity (Wildman–Crippen MR) is 132 cm³/mol. The lowest BCUT2D eigenvalue weighted by Crippen LogP contribution is -2.36. The van der Waals surface area contributed by atoms with Crippen molar-refractivity contribution in [2.45, 2.75) is 13.2 Å². The average molecular weight is 455 g/mol. The number of aromatic amines is 1. The van der Waals surface area contributed by atoms with Crippen LogP contribution in [-0.2, 0) is 22.6 Å². The normalized spacial score (nSPS) is 15.9. The number of hydrogen-bond donors (Lipinski definition) is 1. The molecule has 172 valence electrons. The van der Waals surface area contributed by atoms with E-state index in [1.54, 1.807) is 7.11 Å². The molecular formula is C27H26N4O3. The number of morpholine rings is 1. The second-order valence-corrected chi connectivity index (χ2v) is 8.75. The Hall–Kier alpha value is -3.68. The summed E-state index contributed by atoms with van der Waals surface area (Å²) < 4.78 is 10.7. The van der Waals surface area contributed by atoms with Crippen LogP contribution in [0.3, 0.4) is 0 Å². The molecule has 6 rings (SSSR count). The van der Waals surface area contributed by atoms with Crippen molar-refractivity contribution in [3.8, 4) is 11.4 Å². The fraction of sp³-hybridized carbons (Fsp3) is 0.259. The summed E-state index contributed by atoms with van der Waals surface area (Å²) in [7, 11) is 1.69. The number of imidazole rings is 1. The van der Waals surface area contributed by atoms with Gasteiger partial charge in [-0.2, -0.15) is 0 Å². The number of methoxy groups -OCH3 is 1. The van der Waals surface area contributed by atoms with Crippen LogP contribution in [0.2, 0.25) is 0 Å². The standard InChI is InChI=1S/C27H26N4O3/c1-33-17-18-2-4-19(5-3-18)26-28-24-9-7-22(15-25(24)29-26)31-16-20-14-21(6-8-23(20)27(31)32)30-10-12-34-13-11-30/h2-9,14-15H,10-13,16-17H2,1H3,(H,28,29). The molecule has 7 heteroatoms. The smallest absolute Gasteiger partial charge is 0.258 e. The summed E-state index contributed by atoms with van der Waals surface area (Å²) in [5.41, 5.74) is 7.78. The third-order valence-corrected chi connectivity index (χ3v) is 6.58. The first-order chi connectivity index (χ1) is 16.7.